The first-order valence-corrected chi connectivity index (χ1v) is 7.04. The first-order chi connectivity index (χ1) is 8.18. The molecular formula is C15H29NO2. The molecule has 0 radical (unpaired) electrons. The van der Waals surface area contributed by atoms with Crippen molar-refractivity contribution in [2.24, 2.45) is 11.3 Å². The summed E-state index contributed by atoms with van der Waals surface area (Å²) in [7, 11) is 1.59. The minimum atomic E-state index is -0.736. The Morgan fingerprint density at radius 1 is 1.11 bits per heavy atom. The monoisotopic (exact) mass is 255 g/mol. The molecule has 18 heavy (non-hydrogen) atoms. The van der Waals surface area contributed by atoms with E-state index in [1.54, 1.807) is 7.11 Å². The van der Waals surface area contributed by atoms with Crippen LogP contribution in [-0.4, -0.2) is 24.7 Å². The first kappa shape index (κ1) is 15.5. The molecule has 1 N–H and O–H groups in total. The molecule has 2 atom stereocenters. The van der Waals surface area contributed by atoms with Crippen molar-refractivity contribution in [1.82, 2.24) is 5.32 Å². The SMILES string of the molecule is COC(C)(C)C(=O)NC1CCCCC1C(C)(C)C. The Kier molecular flexibility index (Phi) is 4.82. The Labute approximate surface area is 112 Å². The molecular weight excluding hydrogens is 226 g/mol. The summed E-state index contributed by atoms with van der Waals surface area (Å²) in [5, 5.41) is 3.20. The van der Waals surface area contributed by atoms with Gasteiger partial charge in [0.05, 0.1) is 0 Å². The minimum Gasteiger partial charge on any atom is -0.369 e. The van der Waals surface area contributed by atoms with Gasteiger partial charge >= 0.3 is 0 Å². The van der Waals surface area contributed by atoms with Crippen molar-refractivity contribution in [1.29, 1.82) is 0 Å². The van der Waals surface area contributed by atoms with Gasteiger partial charge in [-0.05, 0) is 38.0 Å². The van der Waals surface area contributed by atoms with Crippen LogP contribution in [0.5, 0.6) is 0 Å². The van der Waals surface area contributed by atoms with Crippen molar-refractivity contribution in [2.75, 3.05) is 7.11 Å². The fraction of sp³-hybridized carbons (Fsp3) is 0.933. The molecule has 0 aromatic rings. The summed E-state index contributed by atoms with van der Waals surface area (Å²) >= 11 is 0. The lowest BCUT2D eigenvalue weighted by Crippen LogP contribution is -2.53. The van der Waals surface area contributed by atoms with Gasteiger partial charge in [0.25, 0.3) is 5.91 Å². The maximum atomic E-state index is 12.2. The maximum Gasteiger partial charge on any atom is 0.251 e. The average Bonchev–Trinajstić information content (AvgIpc) is 2.28. The lowest BCUT2D eigenvalue weighted by molar-refractivity contribution is -0.141. The number of hydrogen-bond donors (Lipinski definition) is 1. The molecule has 1 aliphatic carbocycles. The van der Waals surface area contributed by atoms with Crippen LogP contribution in [-0.2, 0) is 9.53 Å². The topological polar surface area (TPSA) is 38.3 Å². The van der Waals surface area contributed by atoms with Crippen molar-refractivity contribution in [3.05, 3.63) is 0 Å². The maximum absolute atomic E-state index is 12.2. The Bertz CT molecular complexity index is 291. The minimum absolute atomic E-state index is 0.00569. The van der Waals surface area contributed by atoms with Gasteiger partial charge in [-0.2, -0.15) is 0 Å². The van der Waals surface area contributed by atoms with Crippen molar-refractivity contribution < 1.29 is 9.53 Å². The van der Waals surface area contributed by atoms with Gasteiger partial charge in [0.1, 0.15) is 5.60 Å². The van der Waals surface area contributed by atoms with E-state index in [1.165, 1.54) is 19.3 Å². The van der Waals surface area contributed by atoms with Crippen molar-refractivity contribution in [3.8, 4) is 0 Å². The van der Waals surface area contributed by atoms with Gasteiger partial charge in [0.15, 0.2) is 0 Å². The van der Waals surface area contributed by atoms with Crippen LogP contribution < -0.4 is 5.32 Å². The average molecular weight is 255 g/mol. The number of methoxy groups -OCH3 is 1. The molecule has 3 nitrogen and oxygen atoms in total. The quantitative estimate of drug-likeness (QED) is 0.841. The Hall–Kier alpha value is -0.570. The van der Waals surface area contributed by atoms with E-state index >= 15 is 0 Å². The Balaban J connectivity index is 2.72. The molecule has 1 rings (SSSR count). The number of ether oxygens (including phenoxy) is 1. The molecule has 3 heteroatoms. The predicted molar refractivity (Wildman–Crippen MR) is 74.4 cm³/mol. The van der Waals surface area contributed by atoms with Crippen LogP contribution >= 0.6 is 0 Å². The fourth-order valence-electron chi connectivity index (χ4n) is 2.78. The van der Waals surface area contributed by atoms with E-state index in [0.717, 1.165) is 6.42 Å². The van der Waals surface area contributed by atoms with Gasteiger partial charge in [-0.3, -0.25) is 4.79 Å². The molecule has 1 amide bonds. The Morgan fingerprint density at radius 3 is 2.17 bits per heavy atom. The lowest BCUT2D eigenvalue weighted by atomic mass is 9.69. The predicted octanol–water partition coefficient (Wildman–Crippen LogP) is 3.13. The molecule has 2 unspecified atom stereocenters. The largest absolute Gasteiger partial charge is 0.369 e. The highest BCUT2D eigenvalue weighted by atomic mass is 16.5. The fourth-order valence-corrected chi connectivity index (χ4v) is 2.78. The number of rotatable bonds is 3. The third-order valence-electron chi connectivity index (χ3n) is 4.25. The zero-order valence-electron chi connectivity index (χ0n) is 12.8. The third-order valence-corrected chi connectivity index (χ3v) is 4.25. The van der Waals surface area contributed by atoms with Gasteiger partial charge in [0, 0.05) is 13.2 Å². The summed E-state index contributed by atoms with van der Waals surface area (Å²) in [6.45, 7) is 10.4. The summed E-state index contributed by atoms with van der Waals surface area (Å²) in [6.07, 6.45) is 4.79. The summed E-state index contributed by atoms with van der Waals surface area (Å²) < 4.78 is 5.25. The van der Waals surface area contributed by atoms with Gasteiger partial charge in [-0.15, -0.1) is 0 Å². The number of carbonyl (C=O) groups is 1. The number of nitrogens with one attached hydrogen (secondary N) is 1. The number of amides is 1. The van der Waals surface area contributed by atoms with Crippen LogP contribution in [0.2, 0.25) is 0 Å². The van der Waals surface area contributed by atoms with E-state index in [2.05, 4.69) is 26.1 Å². The second-order valence-corrected chi connectivity index (χ2v) is 7.05. The van der Waals surface area contributed by atoms with Crippen molar-refractivity contribution >= 4 is 5.91 Å². The molecule has 1 fully saturated rings. The van der Waals surface area contributed by atoms with Crippen LogP contribution in [0.15, 0.2) is 0 Å². The van der Waals surface area contributed by atoms with Crippen LogP contribution in [0.25, 0.3) is 0 Å². The standard InChI is InChI=1S/C15H29NO2/c1-14(2,3)11-9-7-8-10-12(11)16-13(17)15(4,5)18-6/h11-12H,7-10H2,1-6H3,(H,16,17). The van der Waals surface area contributed by atoms with E-state index in [0.29, 0.717) is 12.0 Å². The highest BCUT2D eigenvalue weighted by Gasteiger charge is 2.37. The van der Waals surface area contributed by atoms with Gasteiger partial charge in [-0.25, -0.2) is 0 Å². The summed E-state index contributed by atoms with van der Waals surface area (Å²) in [5.41, 5.74) is -0.491. The highest BCUT2D eigenvalue weighted by molar-refractivity contribution is 5.84. The molecule has 0 saturated heterocycles. The van der Waals surface area contributed by atoms with Crippen LogP contribution in [0, 0.1) is 11.3 Å². The molecule has 0 spiro atoms. The molecule has 106 valence electrons. The van der Waals surface area contributed by atoms with E-state index in [9.17, 15) is 4.79 Å². The zero-order chi connectivity index (χ0) is 14.0. The normalized spacial score (nSPS) is 25.9. The van der Waals surface area contributed by atoms with Crippen LogP contribution in [0.4, 0.5) is 0 Å². The summed E-state index contributed by atoms with van der Waals surface area (Å²) in [6, 6.07) is 0.292. The van der Waals surface area contributed by atoms with E-state index < -0.39 is 5.60 Å². The Morgan fingerprint density at radius 2 is 1.67 bits per heavy atom. The number of hydrogen-bond acceptors (Lipinski definition) is 2. The molecule has 1 aliphatic rings. The summed E-state index contributed by atoms with van der Waals surface area (Å²) in [5.74, 6) is 0.564. The highest BCUT2D eigenvalue weighted by Crippen LogP contribution is 2.38. The molecule has 0 aromatic heterocycles. The van der Waals surface area contributed by atoms with Crippen LogP contribution in [0.1, 0.15) is 60.3 Å². The summed E-state index contributed by atoms with van der Waals surface area (Å²) in [4.78, 5) is 12.2. The van der Waals surface area contributed by atoms with Crippen molar-refractivity contribution in [2.45, 2.75) is 71.9 Å². The molecule has 0 heterocycles. The number of carbonyl (C=O) groups excluding carboxylic acids is 1. The van der Waals surface area contributed by atoms with Gasteiger partial charge in [0.2, 0.25) is 0 Å². The van der Waals surface area contributed by atoms with E-state index in [1.807, 2.05) is 13.8 Å². The smallest absolute Gasteiger partial charge is 0.251 e. The second kappa shape index (κ2) is 5.60. The molecule has 0 aromatic carbocycles. The second-order valence-electron chi connectivity index (χ2n) is 7.05. The zero-order valence-corrected chi connectivity index (χ0v) is 12.8. The third kappa shape index (κ3) is 3.71. The van der Waals surface area contributed by atoms with Crippen molar-refractivity contribution in [3.63, 3.8) is 0 Å². The molecule has 0 aliphatic heterocycles. The van der Waals surface area contributed by atoms with Gasteiger partial charge < -0.3 is 10.1 Å². The van der Waals surface area contributed by atoms with Gasteiger partial charge in [-0.1, -0.05) is 33.6 Å². The van der Waals surface area contributed by atoms with Crippen LogP contribution in [0.3, 0.4) is 0 Å². The first-order valence-electron chi connectivity index (χ1n) is 7.04. The van der Waals surface area contributed by atoms with E-state index in [-0.39, 0.29) is 11.3 Å². The molecule has 1 saturated carbocycles. The van der Waals surface area contributed by atoms with E-state index in [4.69, 9.17) is 4.74 Å². The lowest BCUT2D eigenvalue weighted by Gasteiger charge is -2.41. The molecule has 0 bridgehead atoms.